The number of hydrogen-bond acceptors (Lipinski definition) is 2. The number of nitrogens with zero attached hydrogens (tertiary/aromatic N) is 1. The van der Waals surface area contributed by atoms with Crippen LogP contribution in [0.3, 0.4) is 0 Å². The summed E-state index contributed by atoms with van der Waals surface area (Å²) in [6, 6.07) is 6.68. The molecular formula is C15H22FIN4O. The van der Waals surface area contributed by atoms with E-state index in [1.165, 1.54) is 12.1 Å². The molecular weight excluding hydrogens is 398 g/mol. The minimum absolute atomic E-state index is 0. The molecule has 122 valence electrons. The van der Waals surface area contributed by atoms with Gasteiger partial charge >= 0.3 is 0 Å². The first kappa shape index (κ1) is 18.7. The van der Waals surface area contributed by atoms with Crippen LogP contribution in [0.5, 0.6) is 0 Å². The van der Waals surface area contributed by atoms with E-state index < -0.39 is 0 Å². The van der Waals surface area contributed by atoms with Crippen LogP contribution < -0.4 is 16.0 Å². The number of benzene rings is 1. The van der Waals surface area contributed by atoms with Crippen molar-refractivity contribution in [1.82, 2.24) is 16.0 Å². The van der Waals surface area contributed by atoms with Crippen LogP contribution in [-0.4, -0.2) is 31.0 Å². The molecule has 0 bridgehead atoms. The van der Waals surface area contributed by atoms with Crippen LogP contribution in [0, 0.1) is 5.82 Å². The van der Waals surface area contributed by atoms with Crippen LogP contribution in [0.25, 0.3) is 0 Å². The van der Waals surface area contributed by atoms with Crippen LogP contribution in [-0.2, 0) is 11.3 Å². The zero-order chi connectivity index (χ0) is 15.1. The van der Waals surface area contributed by atoms with Gasteiger partial charge in [0, 0.05) is 12.6 Å². The van der Waals surface area contributed by atoms with Crippen LogP contribution in [0.4, 0.5) is 4.39 Å². The monoisotopic (exact) mass is 420 g/mol. The Morgan fingerprint density at radius 3 is 2.77 bits per heavy atom. The average Bonchev–Trinajstić information content (AvgIpc) is 3.26. The van der Waals surface area contributed by atoms with Gasteiger partial charge in [-0.1, -0.05) is 12.1 Å². The van der Waals surface area contributed by atoms with Crippen molar-refractivity contribution >= 4 is 35.8 Å². The molecule has 2 rings (SSSR count). The first-order chi connectivity index (χ1) is 10.2. The fraction of sp³-hybridized carbons (Fsp3) is 0.467. The van der Waals surface area contributed by atoms with Gasteiger partial charge in [-0.05, 0) is 37.5 Å². The van der Waals surface area contributed by atoms with Gasteiger partial charge in [0.2, 0.25) is 5.91 Å². The molecule has 0 aliphatic heterocycles. The van der Waals surface area contributed by atoms with Crippen LogP contribution in [0.1, 0.15) is 25.3 Å². The van der Waals surface area contributed by atoms with Gasteiger partial charge in [-0.3, -0.25) is 4.79 Å². The third-order valence-corrected chi connectivity index (χ3v) is 3.01. The summed E-state index contributed by atoms with van der Waals surface area (Å²) in [6.07, 6.45) is 2.14. The molecule has 0 atom stereocenters. The summed E-state index contributed by atoms with van der Waals surface area (Å²) in [7, 11) is 0. The molecule has 1 aromatic carbocycles. The molecule has 3 N–H and O–H groups in total. The quantitative estimate of drug-likeness (QED) is 0.374. The highest BCUT2D eigenvalue weighted by molar-refractivity contribution is 14.0. The molecule has 0 spiro atoms. The van der Waals surface area contributed by atoms with Gasteiger partial charge in [-0.2, -0.15) is 0 Å². The Bertz CT molecular complexity index is 520. The van der Waals surface area contributed by atoms with Crippen LogP contribution in [0.2, 0.25) is 0 Å². The van der Waals surface area contributed by atoms with Crippen molar-refractivity contribution in [3.8, 4) is 0 Å². The number of halogens is 2. The van der Waals surface area contributed by atoms with Crippen molar-refractivity contribution < 1.29 is 9.18 Å². The smallest absolute Gasteiger partial charge is 0.239 e. The lowest BCUT2D eigenvalue weighted by molar-refractivity contribution is -0.120. The highest BCUT2D eigenvalue weighted by Crippen LogP contribution is 2.18. The third kappa shape index (κ3) is 7.06. The summed E-state index contributed by atoms with van der Waals surface area (Å²) < 4.78 is 13.1. The second-order valence-corrected chi connectivity index (χ2v) is 5.02. The Hall–Kier alpha value is -1.38. The van der Waals surface area contributed by atoms with E-state index in [9.17, 15) is 9.18 Å². The fourth-order valence-electron chi connectivity index (χ4n) is 1.82. The van der Waals surface area contributed by atoms with Crippen LogP contribution in [0.15, 0.2) is 29.3 Å². The number of aliphatic imine (C=N–C) groups is 1. The molecule has 22 heavy (non-hydrogen) atoms. The summed E-state index contributed by atoms with van der Waals surface area (Å²) in [5.41, 5.74) is 0.787. The first-order valence-electron chi connectivity index (χ1n) is 7.23. The summed E-state index contributed by atoms with van der Waals surface area (Å²) in [4.78, 5) is 16.0. The second-order valence-electron chi connectivity index (χ2n) is 5.02. The molecule has 1 fully saturated rings. The molecule has 1 aliphatic carbocycles. The van der Waals surface area contributed by atoms with Crippen molar-refractivity contribution in [3.63, 3.8) is 0 Å². The lowest BCUT2D eigenvalue weighted by atomic mass is 10.2. The first-order valence-corrected chi connectivity index (χ1v) is 7.23. The van der Waals surface area contributed by atoms with Gasteiger partial charge in [0.05, 0.1) is 13.1 Å². The number of carbonyl (C=O) groups is 1. The Morgan fingerprint density at radius 1 is 1.36 bits per heavy atom. The minimum Gasteiger partial charge on any atom is -0.357 e. The molecule has 7 heteroatoms. The highest BCUT2D eigenvalue weighted by Gasteiger charge is 2.22. The van der Waals surface area contributed by atoms with E-state index in [-0.39, 0.29) is 42.2 Å². The molecule has 1 aromatic rings. The standard InChI is InChI=1S/C15H21FN4O.HI/c1-2-17-15(19-10-14(21)20-13-6-7-13)18-9-11-4-3-5-12(16)8-11;/h3-5,8,13H,2,6-7,9-10H2,1H3,(H,20,21)(H2,17,18,19);1H. The van der Waals surface area contributed by atoms with Gasteiger partial charge in [0.1, 0.15) is 5.82 Å². The molecule has 0 radical (unpaired) electrons. The molecule has 5 nitrogen and oxygen atoms in total. The molecule has 1 saturated carbocycles. The van der Waals surface area contributed by atoms with Gasteiger partial charge < -0.3 is 16.0 Å². The minimum atomic E-state index is -0.274. The van der Waals surface area contributed by atoms with Gasteiger partial charge in [-0.15, -0.1) is 24.0 Å². The normalized spacial score (nSPS) is 14.0. The second kappa shape index (κ2) is 9.60. The van der Waals surface area contributed by atoms with Crippen molar-refractivity contribution in [1.29, 1.82) is 0 Å². The van der Waals surface area contributed by atoms with Gasteiger partial charge in [0.25, 0.3) is 0 Å². The number of nitrogens with one attached hydrogen (secondary N) is 3. The molecule has 0 aromatic heterocycles. The molecule has 0 heterocycles. The molecule has 1 aliphatic rings. The topological polar surface area (TPSA) is 65.5 Å². The number of hydrogen-bond donors (Lipinski definition) is 3. The Labute approximate surface area is 147 Å². The lowest BCUT2D eigenvalue weighted by Gasteiger charge is -2.11. The van der Waals surface area contributed by atoms with E-state index in [1.54, 1.807) is 6.07 Å². The van der Waals surface area contributed by atoms with Gasteiger partial charge in [0.15, 0.2) is 5.96 Å². The number of rotatable bonds is 6. The fourth-order valence-corrected chi connectivity index (χ4v) is 1.82. The van der Waals surface area contributed by atoms with Crippen LogP contribution >= 0.6 is 24.0 Å². The predicted octanol–water partition coefficient (Wildman–Crippen LogP) is 1.78. The lowest BCUT2D eigenvalue weighted by Crippen LogP contribution is -2.43. The number of guanidine groups is 1. The maximum Gasteiger partial charge on any atom is 0.239 e. The zero-order valence-corrected chi connectivity index (χ0v) is 14.9. The van der Waals surface area contributed by atoms with Crippen molar-refractivity contribution in [2.45, 2.75) is 32.4 Å². The Kier molecular flexibility index (Phi) is 8.15. The number of amides is 1. The largest absolute Gasteiger partial charge is 0.357 e. The number of carbonyl (C=O) groups excluding carboxylic acids is 1. The van der Waals surface area contributed by atoms with E-state index in [0.29, 0.717) is 25.1 Å². The Balaban J connectivity index is 0.00000242. The van der Waals surface area contributed by atoms with E-state index >= 15 is 0 Å². The van der Waals surface area contributed by atoms with E-state index in [2.05, 4.69) is 20.9 Å². The average molecular weight is 420 g/mol. The maximum absolute atomic E-state index is 13.1. The molecule has 0 saturated heterocycles. The predicted molar refractivity (Wildman–Crippen MR) is 95.8 cm³/mol. The summed E-state index contributed by atoms with van der Waals surface area (Å²) >= 11 is 0. The van der Waals surface area contributed by atoms with E-state index in [4.69, 9.17) is 0 Å². The Morgan fingerprint density at radius 2 is 2.14 bits per heavy atom. The van der Waals surface area contributed by atoms with E-state index in [0.717, 1.165) is 18.4 Å². The summed E-state index contributed by atoms with van der Waals surface area (Å²) in [5.74, 6) is 0.242. The highest BCUT2D eigenvalue weighted by atomic mass is 127. The molecule has 1 amide bonds. The molecule has 0 unspecified atom stereocenters. The van der Waals surface area contributed by atoms with Crippen molar-refractivity contribution in [2.75, 3.05) is 13.1 Å². The van der Waals surface area contributed by atoms with Crippen molar-refractivity contribution in [3.05, 3.63) is 35.6 Å². The summed E-state index contributed by atoms with van der Waals surface area (Å²) in [5, 5.41) is 8.93. The third-order valence-electron chi connectivity index (χ3n) is 3.01. The maximum atomic E-state index is 13.1. The van der Waals surface area contributed by atoms with E-state index in [1.807, 2.05) is 13.0 Å². The SMILES string of the molecule is CCNC(=NCc1cccc(F)c1)NCC(=O)NC1CC1.I. The van der Waals surface area contributed by atoms with Gasteiger partial charge in [-0.25, -0.2) is 9.38 Å². The summed E-state index contributed by atoms with van der Waals surface area (Å²) in [6.45, 7) is 3.19. The zero-order valence-electron chi connectivity index (χ0n) is 12.6. The van der Waals surface area contributed by atoms with Crippen molar-refractivity contribution in [2.24, 2.45) is 4.99 Å².